The Labute approximate surface area is 154 Å². The zero-order valence-electron chi connectivity index (χ0n) is 15.7. The Bertz CT molecular complexity index is 613. The number of rotatable bonds is 10. The second-order valence-electron chi connectivity index (χ2n) is 6.34. The van der Waals surface area contributed by atoms with E-state index in [2.05, 4.69) is 10.6 Å². The third-order valence-corrected chi connectivity index (χ3v) is 3.86. The lowest BCUT2D eigenvalue weighted by Crippen LogP contribution is -2.53. The van der Waals surface area contributed by atoms with Crippen molar-refractivity contribution < 1.29 is 24.2 Å². The molecule has 0 aliphatic carbocycles. The first-order valence-corrected chi connectivity index (χ1v) is 8.87. The number of carbonyl (C=O) groups is 3. The average Bonchev–Trinajstić information content (AvgIpc) is 2.59. The molecule has 2 atom stereocenters. The molecule has 7 nitrogen and oxygen atoms in total. The molecule has 0 aliphatic heterocycles. The number of nitrogens with one attached hydrogen (secondary N) is 2. The zero-order valence-corrected chi connectivity index (χ0v) is 15.7. The molecule has 0 saturated carbocycles. The predicted molar refractivity (Wildman–Crippen MR) is 98.2 cm³/mol. The number of aliphatic carboxylic acids is 1. The summed E-state index contributed by atoms with van der Waals surface area (Å²) >= 11 is 0. The van der Waals surface area contributed by atoms with Crippen LogP contribution < -0.4 is 15.4 Å². The van der Waals surface area contributed by atoms with Crippen LogP contribution in [0.2, 0.25) is 0 Å². The molecule has 7 heteroatoms. The van der Waals surface area contributed by atoms with E-state index < -0.39 is 29.9 Å². The van der Waals surface area contributed by atoms with E-state index in [1.807, 2.05) is 13.8 Å². The van der Waals surface area contributed by atoms with Gasteiger partial charge >= 0.3 is 5.97 Å². The summed E-state index contributed by atoms with van der Waals surface area (Å²) in [5, 5.41) is 14.4. The standard InChI is InChI=1S/C19H28N2O5/c1-5-7-15(19(24)25)20-18(23)16(12(3)4)21-17(22)13-8-10-14(11-9-13)26-6-2/h8-12,15-16H,5-7H2,1-4H3,(H,20,23)(H,21,22)(H,24,25). The fraction of sp³-hybridized carbons (Fsp3) is 0.526. The summed E-state index contributed by atoms with van der Waals surface area (Å²) in [6, 6.07) is 4.82. The van der Waals surface area contributed by atoms with Gasteiger partial charge < -0.3 is 20.5 Å². The van der Waals surface area contributed by atoms with Gasteiger partial charge in [-0.15, -0.1) is 0 Å². The van der Waals surface area contributed by atoms with Gasteiger partial charge in [-0.25, -0.2) is 4.79 Å². The molecule has 0 aliphatic rings. The van der Waals surface area contributed by atoms with Crippen molar-refractivity contribution in [1.82, 2.24) is 10.6 Å². The molecule has 0 heterocycles. The van der Waals surface area contributed by atoms with Crippen LogP contribution in [0.4, 0.5) is 0 Å². The summed E-state index contributed by atoms with van der Waals surface area (Å²) in [4.78, 5) is 36.1. The summed E-state index contributed by atoms with van der Waals surface area (Å²) in [6.45, 7) is 7.82. The number of amides is 2. The van der Waals surface area contributed by atoms with Gasteiger partial charge in [0.15, 0.2) is 0 Å². The third kappa shape index (κ3) is 6.38. The van der Waals surface area contributed by atoms with Gasteiger partial charge in [0.05, 0.1) is 6.61 Å². The molecule has 2 amide bonds. The molecule has 0 saturated heterocycles. The molecule has 144 valence electrons. The fourth-order valence-corrected chi connectivity index (χ4v) is 2.44. The molecular formula is C19H28N2O5. The molecule has 26 heavy (non-hydrogen) atoms. The van der Waals surface area contributed by atoms with E-state index in [9.17, 15) is 19.5 Å². The smallest absolute Gasteiger partial charge is 0.326 e. The summed E-state index contributed by atoms with van der Waals surface area (Å²) in [7, 11) is 0. The number of carbonyl (C=O) groups excluding carboxylic acids is 2. The van der Waals surface area contributed by atoms with Gasteiger partial charge in [0.2, 0.25) is 5.91 Å². The van der Waals surface area contributed by atoms with Gasteiger partial charge in [0.1, 0.15) is 17.8 Å². The fourth-order valence-electron chi connectivity index (χ4n) is 2.44. The Balaban J connectivity index is 2.81. The van der Waals surface area contributed by atoms with Crippen LogP contribution in [-0.4, -0.2) is 41.6 Å². The highest BCUT2D eigenvalue weighted by Crippen LogP contribution is 2.13. The van der Waals surface area contributed by atoms with Crippen LogP contribution >= 0.6 is 0 Å². The Hall–Kier alpha value is -2.57. The summed E-state index contributed by atoms with van der Waals surface area (Å²) < 4.78 is 5.34. The van der Waals surface area contributed by atoms with Crippen molar-refractivity contribution in [2.45, 2.75) is 52.6 Å². The Kier molecular flexibility index (Phi) is 8.61. The first-order chi connectivity index (χ1) is 12.3. The number of carboxylic acid groups (broad SMARTS) is 1. The summed E-state index contributed by atoms with van der Waals surface area (Å²) in [5.74, 6) is -1.52. The Morgan fingerprint density at radius 2 is 1.69 bits per heavy atom. The van der Waals surface area contributed by atoms with E-state index in [-0.39, 0.29) is 5.92 Å². The van der Waals surface area contributed by atoms with E-state index in [0.29, 0.717) is 30.8 Å². The molecule has 0 aromatic heterocycles. The molecule has 0 radical (unpaired) electrons. The molecular weight excluding hydrogens is 336 g/mol. The van der Waals surface area contributed by atoms with Crippen LogP contribution in [0, 0.1) is 5.92 Å². The molecule has 1 aromatic carbocycles. The second kappa shape index (κ2) is 10.4. The quantitative estimate of drug-likeness (QED) is 0.590. The van der Waals surface area contributed by atoms with E-state index in [4.69, 9.17) is 4.74 Å². The minimum absolute atomic E-state index is 0.197. The van der Waals surface area contributed by atoms with Crippen molar-refractivity contribution >= 4 is 17.8 Å². The highest BCUT2D eigenvalue weighted by molar-refractivity contribution is 5.98. The van der Waals surface area contributed by atoms with Gasteiger partial charge in [-0.1, -0.05) is 27.2 Å². The molecule has 0 bridgehead atoms. The SMILES string of the molecule is CCCC(NC(=O)C(NC(=O)c1ccc(OCC)cc1)C(C)C)C(=O)O. The minimum Gasteiger partial charge on any atom is -0.494 e. The van der Waals surface area contributed by atoms with Crippen molar-refractivity contribution in [1.29, 1.82) is 0 Å². The topological polar surface area (TPSA) is 105 Å². The minimum atomic E-state index is -1.08. The largest absolute Gasteiger partial charge is 0.494 e. The van der Waals surface area contributed by atoms with Crippen molar-refractivity contribution in [3.8, 4) is 5.75 Å². The average molecular weight is 364 g/mol. The lowest BCUT2D eigenvalue weighted by molar-refractivity contribution is -0.142. The van der Waals surface area contributed by atoms with Crippen molar-refractivity contribution in [2.24, 2.45) is 5.92 Å². The van der Waals surface area contributed by atoms with Crippen LogP contribution in [0.25, 0.3) is 0 Å². The summed E-state index contributed by atoms with van der Waals surface area (Å²) in [6.07, 6.45) is 0.959. The number of hydrogen-bond donors (Lipinski definition) is 3. The van der Waals surface area contributed by atoms with E-state index in [1.54, 1.807) is 38.1 Å². The molecule has 2 unspecified atom stereocenters. The van der Waals surface area contributed by atoms with Gasteiger partial charge in [-0.2, -0.15) is 0 Å². The molecule has 3 N–H and O–H groups in total. The van der Waals surface area contributed by atoms with Gasteiger partial charge in [-0.05, 0) is 43.5 Å². The predicted octanol–water partition coefficient (Wildman–Crippen LogP) is 2.21. The highest BCUT2D eigenvalue weighted by atomic mass is 16.5. The van der Waals surface area contributed by atoms with Crippen LogP contribution in [0.5, 0.6) is 5.75 Å². The van der Waals surface area contributed by atoms with E-state index >= 15 is 0 Å². The second-order valence-corrected chi connectivity index (χ2v) is 6.34. The molecule has 0 spiro atoms. The van der Waals surface area contributed by atoms with Crippen molar-refractivity contribution in [2.75, 3.05) is 6.61 Å². The maximum Gasteiger partial charge on any atom is 0.326 e. The Morgan fingerprint density at radius 1 is 1.08 bits per heavy atom. The summed E-state index contributed by atoms with van der Waals surface area (Å²) in [5.41, 5.74) is 0.398. The van der Waals surface area contributed by atoms with Crippen LogP contribution in [0.1, 0.15) is 50.9 Å². The molecule has 1 rings (SSSR count). The molecule has 0 fully saturated rings. The maximum atomic E-state index is 12.5. The van der Waals surface area contributed by atoms with E-state index in [0.717, 1.165) is 0 Å². The van der Waals surface area contributed by atoms with Gasteiger partial charge in [0, 0.05) is 5.56 Å². The lowest BCUT2D eigenvalue weighted by Gasteiger charge is -2.24. The number of carboxylic acids is 1. The van der Waals surface area contributed by atoms with Gasteiger partial charge in [0.25, 0.3) is 5.91 Å². The zero-order chi connectivity index (χ0) is 19.7. The maximum absolute atomic E-state index is 12.5. The van der Waals surface area contributed by atoms with Crippen LogP contribution in [0.15, 0.2) is 24.3 Å². The first-order valence-electron chi connectivity index (χ1n) is 8.87. The van der Waals surface area contributed by atoms with E-state index in [1.165, 1.54) is 0 Å². The third-order valence-electron chi connectivity index (χ3n) is 3.86. The van der Waals surface area contributed by atoms with Crippen molar-refractivity contribution in [3.63, 3.8) is 0 Å². The molecule has 1 aromatic rings. The normalized spacial score (nSPS) is 13.0. The lowest BCUT2D eigenvalue weighted by atomic mass is 10.0. The monoisotopic (exact) mass is 364 g/mol. The Morgan fingerprint density at radius 3 is 2.15 bits per heavy atom. The highest BCUT2D eigenvalue weighted by Gasteiger charge is 2.28. The van der Waals surface area contributed by atoms with Gasteiger partial charge in [-0.3, -0.25) is 9.59 Å². The number of hydrogen-bond acceptors (Lipinski definition) is 4. The number of benzene rings is 1. The number of ether oxygens (including phenoxy) is 1. The van der Waals surface area contributed by atoms with Crippen molar-refractivity contribution in [3.05, 3.63) is 29.8 Å². The van der Waals surface area contributed by atoms with Crippen LogP contribution in [0.3, 0.4) is 0 Å². The first kappa shape index (κ1) is 21.5. The van der Waals surface area contributed by atoms with Crippen LogP contribution in [-0.2, 0) is 9.59 Å².